The summed E-state index contributed by atoms with van der Waals surface area (Å²) < 4.78 is 1.69. The first kappa shape index (κ1) is 19.3. The Morgan fingerprint density at radius 2 is 1.27 bits per heavy atom. The zero-order valence-electron chi connectivity index (χ0n) is 16.6. The summed E-state index contributed by atoms with van der Waals surface area (Å²) >= 11 is 0. The van der Waals surface area contributed by atoms with Crippen LogP contribution in [0, 0.1) is 0 Å². The molecular weight excluding hydrogens is 374 g/mol. The Bertz CT molecular complexity index is 1030. The van der Waals surface area contributed by atoms with Crippen LogP contribution < -0.4 is 16.4 Å². The summed E-state index contributed by atoms with van der Waals surface area (Å²) in [5, 5.41) is 10.7. The summed E-state index contributed by atoms with van der Waals surface area (Å²) in [6.07, 6.45) is 1.58. The van der Waals surface area contributed by atoms with Crippen LogP contribution in [0.1, 0.15) is 16.7 Å². The lowest BCUT2D eigenvalue weighted by atomic mass is 9.77. The van der Waals surface area contributed by atoms with Gasteiger partial charge in [0, 0.05) is 7.05 Å². The van der Waals surface area contributed by atoms with E-state index in [1.807, 2.05) is 61.6 Å². The fraction of sp³-hybridized carbons (Fsp3) is 0.0833. The molecule has 0 saturated heterocycles. The highest BCUT2D eigenvalue weighted by Gasteiger charge is 2.37. The second-order valence-corrected chi connectivity index (χ2v) is 6.99. The van der Waals surface area contributed by atoms with Crippen molar-refractivity contribution in [2.75, 3.05) is 10.6 Å². The fourth-order valence-electron chi connectivity index (χ4n) is 3.77. The van der Waals surface area contributed by atoms with Crippen molar-refractivity contribution in [3.63, 3.8) is 0 Å². The number of primary amides is 1. The molecule has 30 heavy (non-hydrogen) atoms. The molecule has 150 valence electrons. The van der Waals surface area contributed by atoms with Crippen molar-refractivity contribution >= 4 is 17.5 Å². The van der Waals surface area contributed by atoms with Crippen LogP contribution in [0.2, 0.25) is 0 Å². The highest BCUT2D eigenvalue weighted by atomic mass is 16.2. The molecule has 0 spiro atoms. The molecule has 0 saturated carbocycles. The largest absolute Gasteiger partial charge is 0.351 e. The minimum Gasteiger partial charge on any atom is -0.351 e. The Morgan fingerprint density at radius 1 is 0.833 bits per heavy atom. The molecule has 0 radical (unpaired) electrons. The zero-order valence-corrected chi connectivity index (χ0v) is 16.6. The first-order chi connectivity index (χ1) is 14.6. The predicted octanol–water partition coefficient (Wildman–Crippen LogP) is 4.31. The van der Waals surface area contributed by atoms with Gasteiger partial charge in [-0.15, -0.1) is 0 Å². The van der Waals surface area contributed by atoms with E-state index in [2.05, 4.69) is 52.1 Å². The maximum atomic E-state index is 11.6. The van der Waals surface area contributed by atoms with E-state index in [1.54, 1.807) is 10.9 Å². The van der Waals surface area contributed by atoms with Crippen LogP contribution in [0.3, 0.4) is 0 Å². The Balaban J connectivity index is 1.99. The zero-order chi connectivity index (χ0) is 21.0. The molecule has 4 N–H and O–H groups in total. The smallest absolute Gasteiger partial charge is 0.316 e. The normalized spacial score (nSPS) is 11.1. The van der Waals surface area contributed by atoms with Crippen molar-refractivity contribution in [1.82, 2.24) is 9.78 Å². The van der Waals surface area contributed by atoms with Gasteiger partial charge in [-0.25, -0.2) is 4.79 Å². The number of nitrogens with zero attached hydrogens (tertiary/aromatic N) is 2. The molecule has 0 unspecified atom stereocenters. The quantitative estimate of drug-likeness (QED) is 0.424. The Hall–Kier alpha value is -4.06. The van der Waals surface area contributed by atoms with Crippen LogP contribution in [0.25, 0.3) is 0 Å². The Kier molecular flexibility index (Phi) is 5.22. The summed E-state index contributed by atoms with van der Waals surface area (Å²) in [7, 11) is 1.82. The van der Waals surface area contributed by atoms with Gasteiger partial charge in [-0.05, 0) is 16.7 Å². The molecule has 1 aromatic heterocycles. The van der Waals surface area contributed by atoms with E-state index < -0.39 is 11.6 Å². The lowest BCUT2D eigenvalue weighted by Crippen LogP contribution is -2.39. The molecule has 3 aromatic carbocycles. The van der Waals surface area contributed by atoms with Gasteiger partial charge < -0.3 is 16.4 Å². The third-order valence-corrected chi connectivity index (χ3v) is 5.12. The van der Waals surface area contributed by atoms with Crippen LogP contribution in [-0.4, -0.2) is 15.8 Å². The van der Waals surface area contributed by atoms with Crippen molar-refractivity contribution in [2.24, 2.45) is 12.8 Å². The standard InChI is InChI=1S/C24H23N5O/c1-29-22(21(17-26-29)27-23(25)30)28-24(18-11-5-2-6-12-18,19-13-7-3-8-14-19)20-15-9-4-10-16-20/h2-17,28H,1H3,(H3,25,27,30). The Labute approximate surface area is 175 Å². The monoisotopic (exact) mass is 397 g/mol. The third kappa shape index (κ3) is 3.51. The second kappa shape index (κ2) is 8.13. The fourth-order valence-corrected chi connectivity index (χ4v) is 3.77. The molecule has 0 aliphatic carbocycles. The average molecular weight is 397 g/mol. The van der Waals surface area contributed by atoms with Gasteiger partial charge in [0.05, 0.1) is 6.20 Å². The number of aromatic nitrogens is 2. The van der Waals surface area contributed by atoms with Gasteiger partial charge >= 0.3 is 6.03 Å². The molecule has 1 heterocycles. The van der Waals surface area contributed by atoms with Gasteiger partial charge in [0.15, 0.2) is 0 Å². The SMILES string of the molecule is Cn1ncc(NC(N)=O)c1NC(c1ccccc1)(c1ccccc1)c1ccccc1. The molecule has 6 nitrogen and oxygen atoms in total. The topological polar surface area (TPSA) is 85.0 Å². The number of hydrogen-bond donors (Lipinski definition) is 3. The van der Waals surface area contributed by atoms with Crippen molar-refractivity contribution in [3.8, 4) is 0 Å². The first-order valence-corrected chi connectivity index (χ1v) is 9.64. The number of nitrogens with two attached hydrogens (primary N) is 1. The molecule has 6 heteroatoms. The number of benzene rings is 3. The number of rotatable bonds is 6. The maximum Gasteiger partial charge on any atom is 0.316 e. The minimum absolute atomic E-state index is 0.511. The number of amides is 2. The second-order valence-electron chi connectivity index (χ2n) is 6.99. The molecule has 0 fully saturated rings. The summed E-state index contributed by atoms with van der Waals surface area (Å²) in [6, 6.07) is 30.0. The molecule has 4 rings (SSSR count). The number of nitrogens with one attached hydrogen (secondary N) is 2. The lowest BCUT2D eigenvalue weighted by molar-refractivity contribution is 0.259. The molecule has 0 bridgehead atoms. The minimum atomic E-state index is -0.731. The van der Waals surface area contributed by atoms with Crippen LogP contribution in [-0.2, 0) is 12.6 Å². The van der Waals surface area contributed by atoms with Gasteiger partial charge in [-0.3, -0.25) is 4.68 Å². The highest BCUT2D eigenvalue weighted by Crippen LogP contribution is 2.41. The van der Waals surface area contributed by atoms with E-state index in [0.29, 0.717) is 11.5 Å². The van der Waals surface area contributed by atoms with Crippen molar-refractivity contribution in [1.29, 1.82) is 0 Å². The average Bonchev–Trinajstić information content (AvgIpc) is 3.12. The third-order valence-electron chi connectivity index (χ3n) is 5.12. The van der Waals surface area contributed by atoms with E-state index >= 15 is 0 Å². The van der Waals surface area contributed by atoms with E-state index in [4.69, 9.17) is 5.73 Å². The molecule has 0 aliphatic rings. The summed E-state index contributed by atoms with van der Waals surface area (Å²) in [5.74, 6) is 0.644. The van der Waals surface area contributed by atoms with Crippen LogP contribution in [0.15, 0.2) is 97.2 Å². The van der Waals surface area contributed by atoms with Crippen molar-refractivity contribution < 1.29 is 4.79 Å². The maximum absolute atomic E-state index is 11.6. The van der Waals surface area contributed by atoms with Crippen molar-refractivity contribution in [3.05, 3.63) is 114 Å². The van der Waals surface area contributed by atoms with Gasteiger partial charge in [-0.1, -0.05) is 91.0 Å². The van der Waals surface area contributed by atoms with Crippen LogP contribution >= 0.6 is 0 Å². The summed E-state index contributed by atoms with van der Waals surface area (Å²) in [4.78, 5) is 11.6. The number of aryl methyl sites for hydroxylation is 1. The van der Waals surface area contributed by atoms with E-state index in [0.717, 1.165) is 16.7 Å². The molecule has 0 aliphatic heterocycles. The first-order valence-electron chi connectivity index (χ1n) is 9.64. The van der Waals surface area contributed by atoms with Crippen LogP contribution in [0.4, 0.5) is 16.3 Å². The predicted molar refractivity (Wildman–Crippen MR) is 119 cm³/mol. The van der Waals surface area contributed by atoms with Gasteiger partial charge in [0.2, 0.25) is 0 Å². The van der Waals surface area contributed by atoms with E-state index in [1.165, 1.54) is 0 Å². The van der Waals surface area contributed by atoms with Gasteiger partial charge in [-0.2, -0.15) is 5.10 Å². The molecule has 4 aromatic rings. The van der Waals surface area contributed by atoms with E-state index in [-0.39, 0.29) is 0 Å². The lowest BCUT2D eigenvalue weighted by Gasteiger charge is -2.38. The number of carbonyl (C=O) groups is 1. The molecule has 0 atom stereocenters. The number of carbonyl (C=O) groups excluding carboxylic acids is 1. The number of hydrogen-bond acceptors (Lipinski definition) is 3. The van der Waals surface area contributed by atoms with Crippen molar-refractivity contribution in [2.45, 2.75) is 5.54 Å². The summed E-state index contributed by atoms with van der Waals surface area (Å²) in [6.45, 7) is 0. The number of anilines is 2. The van der Waals surface area contributed by atoms with Crippen LogP contribution in [0.5, 0.6) is 0 Å². The number of urea groups is 1. The van der Waals surface area contributed by atoms with Gasteiger partial charge in [0.1, 0.15) is 17.0 Å². The molecular formula is C24H23N5O. The van der Waals surface area contributed by atoms with E-state index in [9.17, 15) is 4.79 Å². The highest BCUT2D eigenvalue weighted by molar-refractivity contribution is 5.91. The molecule has 2 amide bonds. The van der Waals surface area contributed by atoms with Gasteiger partial charge in [0.25, 0.3) is 0 Å². The Morgan fingerprint density at radius 3 is 1.67 bits per heavy atom. The summed E-state index contributed by atoms with van der Waals surface area (Å²) in [5.41, 5.74) is 8.31.